The number of hydrogen-bond acceptors (Lipinski definition) is 7. The molecule has 1 aliphatic rings. The Bertz CT molecular complexity index is 1470. The Hall–Kier alpha value is -4.43. The van der Waals surface area contributed by atoms with Gasteiger partial charge in [0, 0.05) is 48.8 Å². The first-order valence-electron chi connectivity index (χ1n) is 12.4. The standard InChI is InChI=1S/C30H29N3O5/c1-36-21-12-13-27(37-2)26(16-21)32-28(34)19-38-30(35)29-22-10-6-7-11-24(22)31-25-14-15-33(18-23(25)29)17-20-8-4-3-5-9-20/h3-13,16H,14-15,17-19H2,1-2H3,(H,32,34). The van der Waals surface area contributed by atoms with Crippen LogP contribution in [0.3, 0.4) is 0 Å². The maximum Gasteiger partial charge on any atom is 0.339 e. The SMILES string of the molecule is COc1ccc(OC)c(NC(=O)COC(=O)c2c3c(nc4ccccc24)CCN(Cc2ccccc2)C3)c1. The molecular weight excluding hydrogens is 482 g/mol. The van der Waals surface area contributed by atoms with Crippen molar-refractivity contribution in [1.82, 2.24) is 9.88 Å². The Kier molecular flexibility index (Phi) is 7.51. The quantitative estimate of drug-likeness (QED) is 0.346. The first-order valence-corrected chi connectivity index (χ1v) is 12.4. The highest BCUT2D eigenvalue weighted by atomic mass is 16.5. The highest BCUT2D eigenvalue weighted by molar-refractivity contribution is 6.06. The van der Waals surface area contributed by atoms with Crippen LogP contribution in [0.2, 0.25) is 0 Å². The predicted molar refractivity (Wildman–Crippen MR) is 144 cm³/mol. The molecule has 0 fully saturated rings. The fraction of sp³-hybridized carbons (Fsp3) is 0.233. The highest BCUT2D eigenvalue weighted by Crippen LogP contribution is 2.30. The maximum absolute atomic E-state index is 13.5. The molecule has 1 amide bonds. The zero-order valence-corrected chi connectivity index (χ0v) is 21.4. The number of nitrogens with zero attached hydrogens (tertiary/aromatic N) is 2. The summed E-state index contributed by atoms with van der Waals surface area (Å²) < 4.78 is 16.1. The highest BCUT2D eigenvalue weighted by Gasteiger charge is 2.27. The lowest BCUT2D eigenvalue weighted by atomic mass is 9.95. The molecule has 0 saturated carbocycles. The van der Waals surface area contributed by atoms with E-state index < -0.39 is 18.5 Å². The van der Waals surface area contributed by atoms with E-state index in [1.807, 2.05) is 42.5 Å². The summed E-state index contributed by atoms with van der Waals surface area (Å²) >= 11 is 0. The third-order valence-corrected chi connectivity index (χ3v) is 6.59. The first kappa shape index (κ1) is 25.2. The Balaban J connectivity index is 1.37. The average Bonchev–Trinajstić information content (AvgIpc) is 2.95. The normalized spacial score (nSPS) is 13.0. The average molecular weight is 512 g/mol. The van der Waals surface area contributed by atoms with Gasteiger partial charge < -0.3 is 19.5 Å². The largest absolute Gasteiger partial charge is 0.497 e. The number of esters is 1. The van der Waals surface area contributed by atoms with Crippen LogP contribution in [0.15, 0.2) is 72.8 Å². The third kappa shape index (κ3) is 5.45. The van der Waals surface area contributed by atoms with Crippen molar-refractivity contribution in [2.45, 2.75) is 19.5 Å². The van der Waals surface area contributed by atoms with E-state index in [1.54, 1.807) is 18.2 Å². The van der Waals surface area contributed by atoms with Crippen LogP contribution in [-0.2, 0) is 29.0 Å². The van der Waals surface area contributed by atoms with Gasteiger partial charge >= 0.3 is 5.97 Å². The number of anilines is 1. The molecule has 0 aliphatic carbocycles. The number of ether oxygens (including phenoxy) is 3. The van der Waals surface area contributed by atoms with Gasteiger partial charge in [-0.3, -0.25) is 14.7 Å². The Morgan fingerprint density at radius 2 is 1.76 bits per heavy atom. The van der Waals surface area contributed by atoms with E-state index in [1.165, 1.54) is 19.8 Å². The Morgan fingerprint density at radius 1 is 0.974 bits per heavy atom. The molecule has 0 bridgehead atoms. The summed E-state index contributed by atoms with van der Waals surface area (Å²) in [6, 6.07) is 22.8. The lowest BCUT2D eigenvalue weighted by Gasteiger charge is -2.30. The monoisotopic (exact) mass is 511 g/mol. The minimum atomic E-state index is -0.547. The number of nitrogens with one attached hydrogen (secondary N) is 1. The number of hydrogen-bond donors (Lipinski definition) is 1. The van der Waals surface area contributed by atoms with Gasteiger partial charge in [-0.05, 0) is 23.8 Å². The van der Waals surface area contributed by atoms with Crippen molar-refractivity contribution in [1.29, 1.82) is 0 Å². The smallest absolute Gasteiger partial charge is 0.339 e. The van der Waals surface area contributed by atoms with E-state index in [2.05, 4.69) is 22.3 Å². The molecule has 5 rings (SSSR count). The minimum Gasteiger partial charge on any atom is -0.497 e. The van der Waals surface area contributed by atoms with Gasteiger partial charge in [-0.15, -0.1) is 0 Å². The van der Waals surface area contributed by atoms with Gasteiger partial charge in [0.25, 0.3) is 5.91 Å². The van der Waals surface area contributed by atoms with Crippen molar-refractivity contribution in [3.05, 3.63) is 95.2 Å². The Labute approximate surface area is 221 Å². The van der Waals surface area contributed by atoms with Crippen LogP contribution in [-0.4, -0.2) is 49.1 Å². The Morgan fingerprint density at radius 3 is 2.55 bits per heavy atom. The van der Waals surface area contributed by atoms with Gasteiger partial charge in [-0.25, -0.2) is 4.79 Å². The summed E-state index contributed by atoms with van der Waals surface area (Å²) in [5.74, 6) is 0.00298. The number of para-hydroxylation sites is 1. The molecule has 8 nitrogen and oxygen atoms in total. The molecule has 1 N–H and O–H groups in total. The second kappa shape index (κ2) is 11.3. The van der Waals surface area contributed by atoms with Crippen LogP contribution < -0.4 is 14.8 Å². The van der Waals surface area contributed by atoms with Gasteiger partial charge in [0.05, 0.1) is 31.0 Å². The number of amides is 1. The molecule has 3 aromatic carbocycles. The van der Waals surface area contributed by atoms with Gasteiger partial charge in [0.2, 0.25) is 0 Å². The van der Waals surface area contributed by atoms with Gasteiger partial charge in [0.1, 0.15) is 11.5 Å². The fourth-order valence-corrected chi connectivity index (χ4v) is 4.76. The van der Waals surface area contributed by atoms with E-state index in [9.17, 15) is 9.59 Å². The van der Waals surface area contributed by atoms with Gasteiger partial charge in [-0.2, -0.15) is 0 Å². The van der Waals surface area contributed by atoms with E-state index in [-0.39, 0.29) is 0 Å². The summed E-state index contributed by atoms with van der Waals surface area (Å²) in [5.41, 5.74) is 4.58. The summed E-state index contributed by atoms with van der Waals surface area (Å²) in [6.07, 6.45) is 0.726. The van der Waals surface area contributed by atoms with Crippen molar-refractivity contribution < 1.29 is 23.8 Å². The van der Waals surface area contributed by atoms with Crippen molar-refractivity contribution in [3.63, 3.8) is 0 Å². The number of aromatic nitrogens is 1. The number of carbonyl (C=O) groups excluding carboxylic acids is 2. The second-order valence-corrected chi connectivity index (χ2v) is 9.07. The molecule has 1 aliphatic heterocycles. The second-order valence-electron chi connectivity index (χ2n) is 9.07. The lowest BCUT2D eigenvalue weighted by Crippen LogP contribution is -2.32. The topological polar surface area (TPSA) is 90.0 Å². The van der Waals surface area contributed by atoms with Crippen LogP contribution in [0.25, 0.3) is 10.9 Å². The van der Waals surface area contributed by atoms with E-state index in [4.69, 9.17) is 19.2 Å². The summed E-state index contributed by atoms with van der Waals surface area (Å²) in [5, 5.41) is 3.45. The van der Waals surface area contributed by atoms with Crippen LogP contribution >= 0.6 is 0 Å². The number of rotatable bonds is 8. The van der Waals surface area contributed by atoms with E-state index in [0.717, 1.165) is 36.3 Å². The molecule has 0 atom stereocenters. The van der Waals surface area contributed by atoms with Gasteiger partial charge in [-0.1, -0.05) is 48.5 Å². The number of benzene rings is 3. The predicted octanol–water partition coefficient (Wildman–Crippen LogP) is 4.61. The molecule has 194 valence electrons. The molecular formula is C30H29N3O5. The minimum absolute atomic E-state index is 0.427. The molecule has 4 aromatic rings. The third-order valence-electron chi connectivity index (χ3n) is 6.59. The van der Waals surface area contributed by atoms with Crippen molar-refractivity contribution >= 4 is 28.5 Å². The van der Waals surface area contributed by atoms with Crippen LogP contribution in [0, 0.1) is 0 Å². The molecule has 0 spiro atoms. The molecule has 38 heavy (non-hydrogen) atoms. The van der Waals surface area contributed by atoms with Crippen LogP contribution in [0.5, 0.6) is 11.5 Å². The summed E-state index contributed by atoms with van der Waals surface area (Å²) in [7, 11) is 3.05. The van der Waals surface area contributed by atoms with Crippen LogP contribution in [0.1, 0.15) is 27.2 Å². The molecule has 0 saturated heterocycles. The zero-order chi connectivity index (χ0) is 26.5. The van der Waals surface area contributed by atoms with E-state index in [0.29, 0.717) is 34.7 Å². The molecule has 1 aromatic heterocycles. The molecule has 2 heterocycles. The zero-order valence-electron chi connectivity index (χ0n) is 21.4. The number of pyridine rings is 1. The van der Waals surface area contributed by atoms with Crippen LogP contribution in [0.4, 0.5) is 5.69 Å². The van der Waals surface area contributed by atoms with Crippen molar-refractivity contribution in [2.24, 2.45) is 0 Å². The van der Waals surface area contributed by atoms with Gasteiger partial charge in [0.15, 0.2) is 6.61 Å². The van der Waals surface area contributed by atoms with Crippen molar-refractivity contribution in [3.8, 4) is 11.5 Å². The summed E-state index contributed by atoms with van der Waals surface area (Å²) in [4.78, 5) is 33.3. The number of methoxy groups -OCH3 is 2. The number of fused-ring (bicyclic) bond motifs is 2. The molecule has 8 heteroatoms. The van der Waals surface area contributed by atoms with Crippen molar-refractivity contribution in [2.75, 3.05) is 32.7 Å². The maximum atomic E-state index is 13.5. The van der Waals surface area contributed by atoms with E-state index >= 15 is 0 Å². The molecule has 0 radical (unpaired) electrons. The number of carbonyl (C=O) groups is 2. The lowest BCUT2D eigenvalue weighted by molar-refractivity contribution is -0.119. The molecule has 0 unspecified atom stereocenters. The fourth-order valence-electron chi connectivity index (χ4n) is 4.76. The first-order chi connectivity index (χ1) is 18.6. The summed E-state index contributed by atoms with van der Waals surface area (Å²) in [6.45, 7) is 1.73.